The Morgan fingerprint density at radius 3 is 2.58 bits per heavy atom. The molecule has 1 amide bonds. The average molecular weight is 546 g/mol. The number of amides is 1. The van der Waals surface area contributed by atoms with Gasteiger partial charge in [0.2, 0.25) is 0 Å². The number of likely N-dealkylation sites (tertiary alicyclic amines) is 1. The van der Waals surface area contributed by atoms with Crippen LogP contribution in [-0.2, 0) is 0 Å². The van der Waals surface area contributed by atoms with Crippen LogP contribution in [-0.4, -0.2) is 62.5 Å². The van der Waals surface area contributed by atoms with Crippen LogP contribution in [0, 0.1) is 26.9 Å². The molecule has 0 unspecified atom stereocenters. The minimum Gasteiger partial charge on any atom is -0.350 e. The Hall–Kier alpha value is -1.85. The molecule has 0 atom stereocenters. The largest absolute Gasteiger partial charge is 0.350 e. The standard InChI is InChI=1S/C22H26F3IN4O/c1-29(2)9-3-8-27-11-14-12-30(13-14)22(31)16-5-6-17(23)20(25)21(16)28-19-7-4-15(26)10-18(19)24/h4-7,10,14,27-28H,3,8-9,11-13H2,1-2H3. The van der Waals surface area contributed by atoms with Gasteiger partial charge in [-0.1, -0.05) is 0 Å². The van der Waals surface area contributed by atoms with Gasteiger partial charge in [-0.15, -0.1) is 0 Å². The van der Waals surface area contributed by atoms with Crippen LogP contribution in [0.1, 0.15) is 16.8 Å². The molecule has 0 spiro atoms. The molecule has 1 heterocycles. The highest BCUT2D eigenvalue weighted by Gasteiger charge is 2.33. The quantitative estimate of drug-likeness (QED) is 0.368. The number of carbonyl (C=O) groups is 1. The average Bonchev–Trinajstić information content (AvgIpc) is 2.68. The first kappa shape index (κ1) is 23.8. The third kappa shape index (κ3) is 6.11. The summed E-state index contributed by atoms with van der Waals surface area (Å²) < 4.78 is 43.3. The highest BCUT2D eigenvalue weighted by Crippen LogP contribution is 2.30. The summed E-state index contributed by atoms with van der Waals surface area (Å²) >= 11 is 1.95. The lowest BCUT2D eigenvalue weighted by Crippen LogP contribution is -2.53. The highest BCUT2D eigenvalue weighted by molar-refractivity contribution is 14.1. The van der Waals surface area contributed by atoms with Gasteiger partial charge in [-0.25, -0.2) is 13.2 Å². The van der Waals surface area contributed by atoms with Crippen LogP contribution in [0.15, 0.2) is 30.3 Å². The Kier molecular flexibility index (Phi) is 8.17. The molecule has 0 saturated carbocycles. The Balaban J connectivity index is 1.64. The van der Waals surface area contributed by atoms with Gasteiger partial charge in [0.1, 0.15) is 5.82 Å². The summed E-state index contributed by atoms with van der Waals surface area (Å²) in [5.41, 5.74) is -0.396. The smallest absolute Gasteiger partial charge is 0.256 e. The van der Waals surface area contributed by atoms with E-state index in [4.69, 9.17) is 0 Å². The Labute approximate surface area is 194 Å². The molecule has 9 heteroatoms. The summed E-state index contributed by atoms with van der Waals surface area (Å²) in [5.74, 6) is -3.01. The van der Waals surface area contributed by atoms with Crippen molar-refractivity contribution in [3.63, 3.8) is 0 Å². The normalized spacial score (nSPS) is 14.1. The fraction of sp³-hybridized carbons (Fsp3) is 0.409. The first-order valence-corrected chi connectivity index (χ1v) is 11.2. The van der Waals surface area contributed by atoms with Crippen LogP contribution in [0.3, 0.4) is 0 Å². The van der Waals surface area contributed by atoms with Gasteiger partial charge in [0.25, 0.3) is 5.91 Å². The van der Waals surface area contributed by atoms with Crippen molar-refractivity contribution in [3.05, 3.63) is 56.9 Å². The van der Waals surface area contributed by atoms with Crippen molar-refractivity contribution in [1.29, 1.82) is 0 Å². The molecule has 0 aromatic heterocycles. The first-order chi connectivity index (χ1) is 14.8. The zero-order valence-corrected chi connectivity index (χ0v) is 19.7. The van der Waals surface area contributed by atoms with Crippen molar-refractivity contribution >= 4 is 39.9 Å². The van der Waals surface area contributed by atoms with Crippen molar-refractivity contribution in [2.45, 2.75) is 6.42 Å². The lowest BCUT2D eigenvalue weighted by Gasteiger charge is -2.39. The van der Waals surface area contributed by atoms with Crippen LogP contribution in [0.2, 0.25) is 0 Å². The first-order valence-electron chi connectivity index (χ1n) is 10.1. The molecule has 1 saturated heterocycles. The molecule has 1 fully saturated rings. The van der Waals surface area contributed by atoms with E-state index >= 15 is 0 Å². The van der Waals surface area contributed by atoms with Crippen molar-refractivity contribution in [1.82, 2.24) is 15.1 Å². The van der Waals surface area contributed by atoms with E-state index in [-0.39, 0.29) is 16.9 Å². The number of nitrogens with one attached hydrogen (secondary N) is 2. The van der Waals surface area contributed by atoms with E-state index in [0.29, 0.717) is 22.6 Å². The number of benzene rings is 2. The fourth-order valence-corrected chi connectivity index (χ4v) is 3.89. The molecule has 2 N–H and O–H groups in total. The minimum absolute atomic E-state index is 0.0192. The lowest BCUT2D eigenvalue weighted by atomic mass is 9.98. The topological polar surface area (TPSA) is 47.6 Å². The van der Waals surface area contributed by atoms with Crippen LogP contribution < -0.4 is 10.6 Å². The molecule has 31 heavy (non-hydrogen) atoms. The number of carbonyl (C=O) groups excluding carboxylic acids is 1. The molecule has 0 bridgehead atoms. The van der Waals surface area contributed by atoms with Crippen molar-refractivity contribution in [3.8, 4) is 0 Å². The van der Waals surface area contributed by atoms with Gasteiger partial charge >= 0.3 is 0 Å². The second-order valence-corrected chi connectivity index (χ2v) is 9.22. The molecule has 168 valence electrons. The number of hydrogen-bond donors (Lipinski definition) is 2. The monoisotopic (exact) mass is 546 g/mol. The van der Waals surface area contributed by atoms with Crippen LogP contribution in [0.4, 0.5) is 24.5 Å². The molecule has 0 aliphatic carbocycles. The zero-order chi connectivity index (χ0) is 22.5. The Morgan fingerprint density at radius 1 is 1.16 bits per heavy atom. The number of rotatable bonds is 9. The van der Waals surface area contributed by atoms with E-state index in [2.05, 4.69) is 15.5 Å². The van der Waals surface area contributed by atoms with Gasteiger partial charge in [0.05, 0.1) is 16.9 Å². The number of nitrogens with zero attached hydrogens (tertiary/aromatic N) is 2. The summed E-state index contributed by atoms with van der Waals surface area (Å²) in [6.45, 7) is 3.79. The predicted octanol–water partition coefficient (Wildman–Crippen LogP) is 4.07. The van der Waals surface area contributed by atoms with E-state index in [1.54, 1.807) is 11.0 Å². The Morgan fingerprint density at radius 2 is 1.90 bits per heavy atom. The van der Waals surface area contributed by atoms with Gasteiger partial charge in [0, 0.05) is 29.1 Å². The SMILES string of the molecule is CN(C)CCCNCC1CN(C(=O)c2ccc(F)c(F)c2Nc2ccc(I)cc2F)C1. The van der Waals surface area contributed by atoms with E-state index in [1.807, 2.05) is 36.7 Å². The minimum atomic E-state index is -1.21. The molecule has 0 radical (unpaired) electrons. The van der Waals surface area contributed by atoms with E-state index in [0.717, 1.165) is 32.1 Å². The molecule has 2 aromatic carbocycles. The maximum atomic E-state index is 14.5. The molecule has 1 aliphatic rings. The van der Waals surface area contributed by atoms with E-state index in [9.17, 15) is 18.0 Å². The second-order valence-electron chi connectivity index (χ2n) is 7.97. The van der Waals surface area contributed by atoms with Gasteiger partial charge in [-0.05, 0) is 86.5 Å². The van der Waals surface area contributed by atoms with Crippen molar-refractivity contribution in [2.75, 3.05) is 52.1 Å². The maximum absolute atomic E-state index is 14.5. The highest BCUT2D eigenvalue weighted by atomic mass is 127. The van der Waals surface area contributed by atoms with Crippen molar-refractivity contribution < 1.29 is 18.0 Å². The fourth-order valence-electron chi connectivity index (χ4n) is 3.44. The van der Waals surface area contributed by atoms with Gasteiger partial charge in [0.15, 0.2) is 11.6 Å². The summed E-state index contributed by atoms with van der Waals surface area (Å²) in [6.07, 6.45) is 1.04. The van der Waals surface area contributed by atoms with Gasteiger partial charge < -0.3 is 20.4 Å². The van der Waals surface area contributed by atoms with Crippen LogP contribution in [0.5, 0.6) is 0 Å². The summed E-state index contributed by atoms with van der Waals surface area (Å²) in [5, 5.41) is 5.96. The molecule has 3 rings (SSSR count). The number of halogens is 4. The summed E-state index contributed by atoms with van der Waals surface area (Å²) in [7, 11) is 4.06. The predicted molar refractivity (Wildman–Crippen MR) is 124 cm³/mol. The maximum Gasteiger partial charge on any atom is 0.256 e. The summed E-state index contributed by atoms with van der Waals surface area (Å²) in [4.78, 5) is 16.6. The zero-order valence-electron chi connectivity index (χ0n) is 17.5. The molecule has 1 aliphatic heterocycles. The van der Waals surface area contributed by atoms with E-state index in [1.165, 1.54) is 18.2 Å². The lowest BCUT2D eigenvalue weighted by molar-refractivity contribution is 0.0501. The summed E-state index contributed by atoms with van der Waals surface area (Å²) in [6, 6.07) is 6.49. The molecular weight excluding hydrogens is 520 g/mol. The molecular formula is C22H26F3IN4O. The molecule has 5 nitrogen and oxygen atoms in total. The van der Waals surface area contributed by atoms with E-state index < -0.39 is 23.4 Å². The molecule has 2 aromatic rings. The Bertz CT molecular complexity index is 935. The van der Waals surface area contributed by atoms with Gasteiger partial charge in [-0.3, -0.25) is 4.79 Å². The van der Waals surface area contributed by atoms with Crippen molar-refractivity contribution in [2.24, 2.45) is 5.92 Å². The number of hydrogen-bond acceptors (Lipinski definition) is 4. The van der Waals surface area contributed by atoms with Crippen LogP contribution in [0.25, 0.3) is 0 Å². The third-order valence-corrected chi connectivity index (χ3v) is 5.82. The second kappa shape index (κ2) is 10.6. The third-order valence-electron chi connectivity index (χ3n) is 5.15. The van der Waals surface area contributed by atoms with Gasteiger partial charge in [-0.2, -0.15) is 0 Å². The number of anilines is 2. The van der Waals surface area contributed by atoms with Crippen LogP contribution >= 0.6 is 22.6 Å².